The first-order chi connectivity index (χ1) is 17.0. The molecule has 0 spiro atoms. The van der Waals surface area contributed by atoms with Crippen LogP contribution in [-0.2, 0) is 16.0 Å². The molecule has 4 aromatic rings. The largest absolute Gasteiger partial charge is 0.483 e. The number of rotatable bonds is 8. The number of carbonyl (C=O) groups excluding carboxylic acids is 2. The Morgan fingerprint density at radius 3 is 2.31 bits per heavy atom. The number of nitrogens with one attached hydrogen (secondary N) is 1. The van der Waals surface area contributed by atoms with Gasteiger partial charge in [-0.1, -0.05) is 67.6 Å². The van der Waals surface area contributed by atoms with E-state index in [1.165, 1.54) is 24.0 Å². The smallest absolute Gasteiger partial charge is 0.341 e. The van der Waals surface area contributed by atoms with Crippen LogP contribution in [0.4, 0.5) is 5.00 Å². The van der Waals surface area contributed by atoms with E-state index in [-0.39, 0.29) is 12.5 Å². The minimum atomic E-state index is -0.503. The fourth-order valence-electron chi connectivity index (χ4n) is 3.62. The number of halogens is 1. The Bertz CT molecular complexity index is 1330. The molecule has 3 aromatic carbocycles. The summed E-state index contributed by atoms with van der Waals surface area (Å²) < 4.78 is 11.5. The lowest BCUT2D eigenvalue weighted by Crippen LogP contribution is -2.21. The molecule has 1 amide bonds. The van der Waals surface area contributed by atoms with Crippen LogP contribution in [0, 0.1) is 0 Å². The summed E-state index contributed by atoms with van der Waals surface area (Å²) in [5.74, 6) is -0.323. The van der Waals surface area contributed by atoms with Gasteiger partial charge in [0.25, 0.3) is 5.91 Å². The Morgan fingerprint density at radius 2 is 1.66 bits per heavy atom. The molecule has 0 atom stereocenters. The summed E-state index contributed by atoms with van der Waals surface area (Å²) in [6, 6.07) is 23.7. The van der Waals surface area contributed by atoms with Gasteiger partial charge >= 0.3 is 5.97 Å². The summed E-state index contributed by atoms with van der Waals surface area (Å²) in [6.45, 7) is 1.88. The first-order valence-corrected chi connectivity index (χ1v) is 12.7. The van der Waals surface area contributed by atoms with Gasteiger partial charge in [-0.3, -0.25) is 4.79 Å². The van der Waals surface area contributed by atoms with Crippen LogP contribution >= 0.6 is 27.3 Å². The summed E-state index contributed by atoms with van der Waals surface area (Å²) in [5, 5.41) is 5.08. The number of benzene rings is 3. The number of methoxy groups -OCH3 is 1. The maximum Gasteiger partial charge on any atom is 0.341 e. The Kier molecular flexibility index (Phi) is 8.00. The number of hydrogen-bond acceptors (Lipinski definition) is 5. The standard InChI is InChI=1S/C28H24BrNO4S/c1-3-18-9-11-20(12-10-18)22-17-35-27(26(22)28(32)33-2)30-25(31)16-34-24-14-13-21(15-23(24)29)19-7-5-4-6-8-19/h4-15,17H,3,16H2,1-2H3,(H,30,31). The van der Waals surface area contributed by atoms with Gasteiger partial charge in [-0.2, -0.15) is 0 Å². The van der Waals surface area contributed by atoms with Crippen LogP contribution < -0.4 is 10.1 Å². The lowest BCUT2D eigenvalue weighted by Gasteiger charge is -2.11. The molecule has 1 aromatic heterocycles. The number of carbonyl (C=O) groups is 2. The second-order valence-electron chi connectivity index (χ2n) is 7.74. The molecule has 0 aliphatic carbocycles. The topological polar surface area (TPSA) is 64.6 Å². The van der Waals surface area contributed by atoms with Crippen LogP contribution in [0.1, 0.15) is 22.8 Å². The van der Waals surface area contributed by atoms with Gasteiger partial charge in [0.2, 0.25) is 0 Å². The van der Waals surface area contributed by atoms with E-state index in [4.69, 9.17) is 9.47 Å². The second kappa shape index (κ2) is 11.3. The van der Waals surface area contributed by atoms with Crippen molar-refractivity contribution in [3.8, 4) is 28.0 Å². The number of thiophene rings is 1. The third-order valence-corrected chi connectivity index (χ3v) is 7.02. The van der Waals surface area contributed by atoms with E-state index in [0.717, 1.165) is 33.1 Å². The molecule has 7 heteroatoms. The summed E-state index contributed by atoms with van der Waals surface area (Å²) in [6.07, 6.45) is 0.931. The molecule has 0 saturated carbocycles. The molecule has 0 fully saturated rings. The minimum absolute atomic E-state index is 0.206. The maximum absolute atomic E-state index is 12.7. The van der Waals surface area contributed by atoms with Crippen LogP contribution in [0.25, 0.3) is 22.3 Å². The molecule has 0 unspecified atom stereocenters. The molecule has 0 saturated heterocycles. The number of hydrogen-bond donors (Lipinski definition) is 1. The van der Waals surface area contributed by atoms with E-state index in [2.05, 4.69) is 28.2 Å². The maximum atomic E-state index is 12.7. The molecule has 0 aliphatic heterocycles. The number of amides is 1. The van der Waals surface area contributed by atoms with Crippen LogP contribution in [0.3, 0.4) is 0 Å². The molecule has 1 N–H and O–H groups in total. The van der Waals surface area contributed by atoms with Gasteiger partial charge in [-0.05, 0) is 56.7 Å². The van der Waals surface area contributed by atoms with Crippen molar-refractivity contribution >= 4 is 44.1 Å². The Morgan fingerprint density at radius 1 is 0.943 bits per heavy atom. The van der Waals surface area contributed by atoms with Crippen molar-refractivity contribution < 1.29 is 19.1 Å². The van der Waals surface area contributed by atoms with Gasteiger partial charge in [0.05, 0.1) is 11.6 Å². The van der Waals surface area contributed by atoms with Gasteiger partial charge in [0.15, 0.2) is 6.61 Å². The highest BCUT2D eigenvalue weighted by atomic mass is 79.9. The third-order valence-electron chi connectivity index (χ3n) is 5.50. The van der Waals surface area contributed by atoms with E-state index in [9.17, 15) is 9.59 Å². The molecule has 5 nitrogen and oxygen atoms in total. The van der Waals surface area contributed by atoms with Gasteiger partial charge in [0.1, 0.15) is 16.3 Å². The van der Waals surface area contributed by atoms with Crippen molar-refractivity contribution in [2.45, 2.75) is 13.3 Å². The second-order valence-corrected chi connectivity index (χ2v) is 9.48. The predicted molar refractivity (Wildman–Crippen MR) is 144 cm³/mol. The van der Waals surface area contributed by atoms with Crippen molar-refractivity contribution in [2.75, 3.05) is 19.0 Å². The molecule has 0 aliphatic rings. The van der Waals surface area contributed by atoms with Crippen LogP contribution in [0.15, 0.2) is 82.6 Å². The van der Waals surface area contributed by atoms with Gasteiger partial charge in [-0.25, -0.2) is 4.79 Å². The first-order valence-electron chi connectivity index (χ1n) is 11.1. The van der Waals surface area contributed by atoms with Crippen molar-refractivity contribution in [1.82, 2.24) is 0 Å². The van der Waals surface area contributed by atoms with Gasteiger partial charge in [0, 0.05) is 10.9 Å². The fraction of sp³-hybridized carbons (Fsp3) is 0.143. The summed E-state index contributed by atoms with van der Waals surface area (Å²) in [4.78, 5) is 25.2. The Balaban J connectivity index is 1.47. The van der Waals surface area contributed by atoms with E-state index < -0.39 is 5.97 Å². The molecular weight excluding hydrogens is 526 g/mol. The molecule has 1 heterocycles. The minimum Gasteiger partial charge on any atom is -0.483 e. The highest BCUT2D eigenvalue weighted by molar-refractivity contribution is 9.10. The Labute approximate surface area is 216 Å². The average Bonchev–Trinajstić information content (AvgIpc) is 3.31. The normalized spacial score (nSPS) is 10.6. The van der Waals surface area contributed by atoms with Crippen LogP contribution in [0.5, 0.6) is 5.75 Å². The van der Waals surface area contributed by atoms with Crippen LogP contribution in [0.2, 0.25) is 0 Å². The van der Waals surface area contributed by atoms with Crippen molar-refractivity contribution in [2.24, 2.45) is 0 Å². The molecule has 4 rings (SSSR count). The summed E-state index contributed by atoms with van der Waals surface area (Å²) >= 11 is 4.80. The molecule has 35 heavy (non-hydrogen) atoms. The number of anilines is 1. The van der Waals surface area contributed by atoms with E-state index in [0.29, 0.717) is 16.3 Å². The van der Waals surface area contributed by atoms with Gasteiger partial charge in [-0.15, -0.1) is 11.3 Å². The van der Waals surface area contributed by atoms with Crippen molar-refractivity contribution in [3.05, 3.63) is 93.8 Å². The summed E-state index contributed by atoms with van der Waals surface area (Å²) in [7, 11) is 1.33. The molecular formula is C28H24BrNO4S. The third kappa shape index (κ3) is 5.81. The Hall–Kier alpha value is -3.42. The number of ether oxygens (including phenoxy) is 2. The lowest BCUT2D eigenvalue weighted by atomic mass is 10.0. The van der Waals surface area contributed by atoms with E-state index in [1.54, 1.807) is 0 Å². The van der Waals surface area contributed by atoms with E-state index in [1.807, 2.05) is 78.2 Å². The van der Waals surface area contributed by atoms with E-state index >= 15 is 0 Å². The number of esters is 1. The van der Waals surface area contributed by atoms with Crippen LogP contribution in [-0.4, -0.2) is 25.6 Å². The lowest BCUT2D eigenvalue weighted by molar-refractivity contribution is -0.118. The van der Waals surface area contributed by atoms with Gasteiger partial charge < -0.3 is 14.8 Å². The van der Waals surface area contributed by atoms with Crippen molar-refractivity contribution in [1.29, 1.82) is 0 Å². The first kappa shape index (κ1) is 24.7. The SMILES string of the molecule is CCc1ccc(-c2csc(NC(=O)COc3ccc(-c4ccccc4)cc3Br)c2C(=O)OC)cc1. The summed E-state index contributed by atoms with van der Waals surface area (Å²) in [5.41, 5.74) is 5.28. The average molecular weight is 550 g/mol. The fourth-order valence-corrected chi connectivity index (χ4v) is 5.09. The van der Waals surface area contributed by atoms with Crippen molar-refractivity contribution in [3.63, 3.8) is 0 Å². The molecule has 178 valence electrons. The highest BCUT2D eigenvalue weighted by Gasteiger charge is 2.22. The zero-order chi connectivity index (χ0) is 24.8. The molecule has 0 radical (unpaired) electrons. The number of aryl methyl sites for hydroxylation is 1. The predicted octanol–water partition coefficient (Wildman–Crippen LogP) is 7.21. The monoisotopic (exact) mass is 549 g/mol. The zero-order valence-corrected chi connectivity index (χ0v) is 21.7. The molecule has 0 bridgehead atoms. The zero-order valence-electron chi connectivity index (χ0n) is 19.3. The quantitative estimate of drug-likeness (QED) is 0.236. The highest BCUT2D eigenvalue weighted by Crippen LogP contribution is 2.36.